The van der Waals surface area contributed by atoms with Crippen LogP contribution in [0.15, 0.2) is 81.7 Å². The maximum Gasteiger partial charge on any atom is 0.162 e. The highest BCUT2D eigenvalue weighted by molar-refractivity contribution is 9.10. The average Bonchev–Trinajstić information content (AvgIpc) is 2.68. The Balaban J connectivity index is 1.99. The maximum absolute atomic E-state index is 13.4. The number of nitrogens with two attached hydrogens (primary N) is 1. The highest BCUT2D eigenvalue weighted by Gasteiger charge is 2.44. The van der Waals surface area contributed by atoms with Crippen molar-refractivity contribution in [2.24, 2.45) is 11.1 Å². The summed E-state index contributed by atoms with van der Waals surface area (Å²) in [7, 11) is 0. The van der Waals surface area contributed by atoms with Gasteiger partial charge in [0.15, 0.2) is 5.78 Å². The molecule has 5 heteroatoms. The van der Waals surface area contributed by atoms with E-state index in [1.165, 1.54) is 0 Å². The maximum atomic E-state index is 13.4. The topological polar surface area (TPSA) is 70.1 Å². The summed E-state index contributed by atoms with van der Waals surface area (Å²) in [5.74, 6) is 0.0619. The van der Waals surface area contributed by atoms with E-state index in [0.29, 0.717) is 29.8 Å². The number of ketones is 1. The Kier molecular flexibility index (Phi) is 4.84. The highest BCUT2D eigenvalue weighted by Crippen LogP contribution is 2.50. The van der Waals surface area contributed by atoms with Crippen LogP contribution >= 0.6 is 15.9 Å². The Morgan fingerprint density at radius 2 is 1.76 bits per heavy atom. The van der Waals surface area contributed by atoms with E-state index >= 15 is 0 Å². The lowest BCUT2D eigenvalue weighted by molar-refractivity contribution is -0.118. The molecule has 0 saturated carbocycles. The first kappa shape index (κ1) is 19.5. The largest absolute Gasteiger partial charge is 0.384 e. The number of hydrogen-bond donors (Lipinski definition) is 1. The van der Waals surface area contributed by atoms with E-state index in [1.807, 2.05) is 59.5 Å². The minimum absolute atomic E-state index is 0.0902. The molecule has 1 aliphatic carbocycles. The number of anilines is 1. The van der Waals surface area contributed by atoms with Crippen molar-refractivity contribution in [3.63, 3.8) is 0 Å². The van der Waals surface area contributed by atoms with Crippen molar-refractivity contribution in [3.8, 4) is 6.07 Å². The van der Waals surface area contributed by atoms with E-state index in [1.54, 1.807) is 0 Å². The van der Waals surface area contributed by atoms with Gasteiger partial charge in [0.1, 0.15) is 5.82 Å². The molecule has 4 rings (SSSR count). The van der Waals surface area contributed by atoms with E-state index in [-0.39, 0.29) is 11.2 Å². The molecule has 1 heterocycles. The lowest BCUT2D eigenvalue weighted by atomic mass is 9.68. The van der Waals surface area contributed by atoms with E-state index in [0.717, 1.165) is 21.4 Å². The van der Waals surface area contributed by atoms with Crippen LogP contribution in [0.2, 0.25) is 0 Å². The number of carbonyl (C=O) groups is 1. The SMILES string of the molecule is CC1(C)CC(=O)C2=C(C1)N(c1ccc(Br)cc1)C(N)=C(C#N)[C@@H]2c1ccccc1. The minimum atomic E-state index is -0.425. The second-order valence-corrected chi connectivity index (χ2v) is 9.28. The Morgan fingerprint density at radius 1 is 1.10 bits per heavy atom. The van der Waals surface area contributed by atoms with Crippen LogP contribution in [0, 0.1) is 16.7 Å². The van der Waals surface area contributed by atoms with Crippen LogP contribution in [-0.2, 0) is 4.79 Å². The predicted octanol–water partition coefficient (Wildman–Crippen LogP) is 5.39. The first-order valence-electron chi connectivity index (χ1n) is 9.59. The molecular formula is C24H22BrN3O. The van der Waals surface area contributed by atoms with Gasteiger partial charge in [-0.3, -0.25) is 9.69 Å². The second-order valence-electron chi connectivity index (χ2n) is 8.37. The second kappa shape index (κ2) is 7.20. The third-order valence-electron chi connectivity index (χ3n) is 5.60. The Bertz CT molecular complexity index is 1080. The summed E-state index contributed by atoms with van der Waals surface area (Å²) < 4.78 is 0.956. The van der Waals surface area contributed by atoms with Crippen LogP contribution in [0.4, 0.5) is 5.69 Å². The Morgan fingerprint density at radius 3 is 2.38 bits per heavy atom. The van der Waals surface area contributed by atoms with Crippen molar-refractivity contribution < 1.29 is 4.79 Å². The summed E-state index contributed by atoms with van der Waals surface area (Å²) in [6.07, 6.45) is 1.18. The number of Topliss-reactive ketones (excluding diaryl/α,β-unsaturated/α-hetero) is 1. The fraction of sp³-hybridized carbons (Fsp3) is 0.250. The smallest absolute Gasteiger partial charge is 0.162 e. The van der Waals surface area contributed by atoms with Crippen LogP contribution in [-0.4, -0.2) is 5.78 Å². The average molecular weight is 448 g/mol. The third-order valence-corrected chi connectivity index (χ3v) is 6.13. The number of carbonyl (C=O) groups excluding carboxylic acids is 1. The zero-order valence-electron chi connectivity index (χ0n) is 16.4. The van der Waals surface area contributed by atoms with Gasteiger partial charge < -0.3 is 5.73 Å². The summed E-state index contributed by atoms with van der Waals surface area (Å²) in [5, 5.41) is 10.0. The number of hydrogen-bond acceptors (Lipinski definition) is 4. The fourth-order valence-corrected chi connectivity index (χ4v) is 4.64. The molecule has 29 heavy (non-hydrogen) atoms. The van der Waals surface area contributed by atoms with Gasteiger partial charge in [-0.05, 0) is 41.7 Å². The van der Waals surface area contributed by atoms with Crippen LogP contribution < -0.4 is 10.6 Å². The molecule has 1 atom stereocenters. The molecule has 0 spiro atoms. The van der Waals surface area contributed by atoms with Crippen molar-refractivity contribution in [2.75, 3.05) is 4.90 Å². The van der Waals surface area contributed by atoms with Gasteiger partial charge in [-0.1, -0.05) is 60.1 Å². The lowest BCUT2D eigenvalue weighted by Crippen LogP contribution is -2.42. The van der Waals surface area contributed by atoms with Crippen molar-refractivity contribution in [1.29, 1.82) is 5.26 Å². The van der Waals surface area contributed by atoms with Crippen molar-refractivity contribution in [2.45, 2.75) is 32.6 Å². The zero-order valence-corrected chi connectivity index (χ0v) is 18.0. The van der Waals surface area contributed by atoms with Gasteiger partial charge in [0.2, 0.25) is 0 Å². The van der Waals surface area contributed by atoms with Gasteiger partial charge in [0.25, 0.3) is 0 Å². The molecule has 0 bridgehead atoms. The molecule has 0 fully saturated rings. The van der Waals surface area contributed by atoms with Crippen molar-refractivity contribution >= 4 is 27.4 Å². The number of halogens is 1. The molecule has 0 aromatic heterocycles. The number of allylic oxidation sites excluding steroid dienone is 3. The Hall–Kier alpha value is -2.84. The van der Waals surface area contributed by atoms with E-state index in [2.05, 4.69) is 35.8 Å². The van der Waals surface area contributed by atoms with Crippen molar-refractivity contribution in [3.05, 3.63) is 87.3 Å². The van der Waals surface area contributed by atoms with E-state index in [9.17, 15) is 10.1 Å². The Labute approximate surface area is 179 Å². The highest BCUT2D eigenvalue weighted by atomic mass is 79.9. The molecule has 1 aliphatic heterocycles. The number of benzene rings is 2. The lowest BCUT2D eigenvalue weighted by Gasteiger charge is -2.43. The standard InChI is InChI=1S/C24H22BrN3O/c1-24(2)12-19-22(20(29)13-24)21(15-6-4-3-5-7-15)18(14-26)23(27)28(19)17-10-8-16(25)9-11-17/h3-11,21H,12-13,27H2,1-2H3/t21-/m0/s1. The summed E-state index contributed by atoms with van der Waals surface area (Å²) in [6.45, 7) is 4.21. The quantitative estimate of drug-likeness (QED) is 0.669. The van der Waals surface area contributed by atoms with Gasteiger partial charge >= 0.3 is 0 Å². The molecule has 2 aliphatic rings. The van der Waals surface area contributed by atoms with Gasteiger partial charge in [-0.2, -0.15) is 5.26 Å². The third kappa shape index (κ3) is 3.38. The van der Waals surface area contributed by atoms with Crippen molar-refractivity contribution in [1.82, 2.24) is 0 Å². The first-order valence-corrected chi connectivity index (χ1v) is 10.4. The van der Waals surface area contributed by atoms with E-state index < -0.39 is 5.92 Å². The molecule has 2 N–H and O–H groups in total. The first-order chi connectivity index (χ1) is 13.8. The number of nitrogens with zero attached hydrogens (tertiary/aromatic N) is 2. The summed E-state index contributed by atoms with van der Waals surface area (Å²) in [5.41, 5.74) is 10.2. The van der Waals surface area contributed by atoms with Crippen LogP contribution in [0.1, 0.15) is 38.2 Å². The van der Waals surface area contributed by atoms with Crippen LogP contribution in [0.3, 0.4) is 0 Å². The van der Waals surface area contributed by atoms with Gasteiger partial charge in [-0.15, -0.1) is 0 Å². The predicted molar refractivity (Wildman–Crippen MR) is 118 cm³/mol. The van der Waals surface area contributed by atoms with Gasteiger partial charge in [0.05, 0.1) is 17.6 Å². The number of rotatable bonds is 2. The van der Waals surface area contributed by atoms with Crippen LogP contribution in [0.25, 0.3) is 0 Å². The summed E-state index contributed by atoms with van der Waals surface area (Å²) in [6, 6.07) is 19.8. The zero-order chi connectivity index (χ0) is 20.8. The summed E-state index contributed by atoms with van der Waals surface area (Å²) in [4.78, 5) is 15.3. The molecule has 146 valence electrons. The fourth-order valence-electron chi connectivity index (χ4n) is 4.37. The molecular weight excluding hydrogens is 426 g/mol. The molecule has 0 unspecified atom stereocenters. The molecule has 2 aromatic carbocycles. The summed E-state index contributed by atoms with van der Waals surface area (Å²) >= 11 is 3.47. The molecule has 0 radical (unpaired) electrons. The van der Waals surface area contributed by atoms with Gasteiger partial charge in [-0.25, -0.2) is 0 Å². The van der Waals surface area contributed by atoms with Crippen LogP contribution in [0.5, 0.6) is 0 Å². The monoisotopic (exact) mass is 447 g/mol. The van der Waals surface area contributed by atoms with Gasteiger partial charge in [0, 0.05) is 27.9 Å². The molecule has 0 saturated heterocycles. The van der Waals surface area contributed by atoms with E-state index in [4.69, 9.17) is 5.73 Å². The number of nitriles is 1. The molecule has 0 amide bonds. The normalized spacial score (nSPS) is 21.1. The molecule has 2 aromatic rings. The molecule has 4 nitrogen and oxygen atoms in total. The minimum Gasteiger partial charge on any atom is -0.384 e.